The van der Waals surface area contributed by atoms with Crippen LogP contribution >= 0.6 is 0 Å². The summed E-state index contributed by atoms with van der Waals surface area (Å²) in [6, 6.07) is 1.89. The minimum absolute atomic E-state index is 0.628. The van der Waals surface area contributed by atoms with E-state index >= 15 is 0 Å². The van der Waals surface area contributed by atoms with Crippen LogP contribution in [0, 0.1) is 20.0 Å². The average Bonchev–Trinajstić information content (AvgIpc) is 1.95. The van der Waals surface area contributed by atoms with E-state index in [4.69, 9.17) is 4.74 Å². The fourth-order valence-electron chi connectivity index (χ4n) is 0.657. The Balaban J connectivity index is 3.04. The molecule has 0 aromatic carbocycles. The van der Waals surface area contributed by atoms with Crippen molar-refractivity contribution in [3.05, 3.63) is 23.4 Å². The van der Waals surface area contributed by atoms with Crippen LogP contribution in [0.3, 0.4) is 0 Å². The smallest absolute Gasteiger partial charge is 0.213 e. The molecule has 0 N–H and O–H groups in total. The highest BCUT2D eigenvalue weighted by Crippen LogP contribution is 2.10. The van der Waals surface area contributed by atoms with Crippen molar-refractivity contribution in [2.75, 3.05) is 7.11 Å². The van der Waals surface area contributed by atoms with E-state index in [2.05, 4.69) is 11.2 Å². The molecule has 0 aliphatic rings. The van der Waals surface area contributed by atoms with Crippen LogP contribution in [0.4, 0.5) is 0 Å². The molecule has 0 spiro atoms. The van der Waals surface area contributed by atoms with Gasteiger partial charge in [-0.1, -0.05) is 0 Å². The van der Waals surface area contributed by atoms with Gasteiger partial charge in [-0.3, -0.25) is 0 Å². The summed E-state index contributed by atoms with van der Waals surface area (Å²) in [6.07, 6.45) is 2.84. The third-order valence-electron chi connectivity index (χ3n) is 1.47. The van der Waals surface area contributed by atoms with Gasteiger partial charge in [0.15, 0.2) is 0 Å². The van der Waals surface area contributed by atoms with E-state index in [9.17, 15) is 0 Å². The molecule has 53 valence electrons. The molecule has 1 aromatic heterocycles. The van der Waals surface area contributed by atoms with E-state index < -0.39 is 0 Å². The van der Waals surface area contributed by atoms with Gasteiger partial charge in [0.05, 0.1) is 13.3 Å². The maximum Gasteiger partial charge on any atom is 0.213 e. The van der Waals surface area contributed by atoms with Crippen molar-refractivity contribution in [3.63, 3.8) is 0 Å². The molecule has 0 bridgehead atoms. The lowest BCUT2D eigenvalue weighted by atomic mass is 10.2. The van der Waals surface area contributed by atoms with Crippen LogP contribution in [0.2, 0.25) is 0 Å². The second kappa shape index (κ2) is 2.69. The molecular formula is C8H10NO. The van der Waals surface area contributed by atoms with Gasteiger partial charge < -0.3 is 4.74 Å². The molecule has 2 heteroatoms. The fourth-order valence-corrected chi connectivity index (χ4v) is 0.657. The van der Waals surface area contributed by atoms with Crippen molar-refractivity contribution in [3.8, 4) is 5.88 Å². The second-order valence-electron chi connectivity index (χ2n) is 2.22. The highest BCUT2D eigenvalue weighted by atomic mass is 16.5. The summed E-state index contributed by atoms with van der Waals surface area (Å²) in [5, 5.41) is 0. The zero-order chi connectivity index (χ0) is 7.56. The van der Waals surface area contributed by atoms with Gasteiger partial charge in [-0.25, -0.2) is 4.98 Å². The van der Waals surface area contributed by atoms with Gasteiger partial charge in [0.1, 0.15) is 0 Å². The Labute approximate surface area is 60.9 Å². The molecular weight excluding hydrogens is 126 g/mol. The predicted octanol–water partition coefficient (Wildman–Crippen LogP) is 1.51. The van der Waals surface area contributed by atoms with Gasteiger partial charge in [0.25, 0.3) is 0 Å². The van der Waals surface area contributed by atoms with Crippen LogP contribution in [-0.2, 0) is 0 Å². The lowest BCUT2D eigenvalue weighted by Gasteiger charge is -2.00. The average molecular weight is 136 g/mol. The van der Waals surface area contributed by atoms with Gasteiger partial charge in [-0.15, -0.1) is 0 Å². The van der Waals surface area contributed by atoms with Crippen molar-refractivity contribution in [1.29, 1.82) is 0 Å². The maximum atomic E-state index is 4.91. The third kappa shape index (κ3) is 1.26. The van der Waals surface area contributed by atoms with Crippen molar-refractivity contribution in [1.82, 2.24) is 4.98 Å². The summed E-state index contributed by atoms with van der Waals surface area (Å²) in [5.74, 6) is 0.628. The highest BCUT2D eigenvalue weighted by molar-refractivity contribution is 5.25. The first-order valence-electron chi connectivity index (χ1n) is 3.14. The second-order valence-corrected chi connectivity index (χ2v) is 2.22. The number of aryl methyl sites for hydroxylation is 2. The molecule has 0 unspecified atom stereocenters. The van der Waals surface area contributed by atoms with Crippen LogP contribution in [0.1, 0.15) is 11.1 Å². The Morgan fingerprint density at radius 3 is 2.70 bits per heavy atom. The van der Waals surface area contributed by atoms with Crippen LogP contribution in [0.25, 0.3) is 0 Å². The molecule has 0 fully saturated rings. The van der Waals surface area contributed by atoms with E-state index in [0.717, 1.165) is 11.1 Å². The molecule has 2 nitrogen and oxygen atoms in total. The zero-order valence-corrected chi connectivity index (χ0v) is 6.43. The van der Waals surface area contributed by atoms with Crippen LogP contribution < -0.4 is 4.74 Å². The normalized spacial score (nSPS) is 9.50. The fraction of sp³-hybridized carbons (Fsp3) is 0.375. The third-order valence-corrected chi connectivity index (χ3v) is 1.47. The lowest BCUT2D eigenvalue weighted by Crippen LogP contribution is -1.90. The quantitative estimate of drug-likeness (QED) is 0.583. The van der Waals surface area contributed by atoms with Gasteiger partial charge in [0.2, 0.25) is 5.88 Å². The first-order chi connectivity index (χ1) is 4.74. The first-order valence-corrected chi connectivity index (χ1v) is 3.14. The molecule has 0 saturated heterocycles. The minimum Gasteiger partial charge on any atom is -0.481 e. The lowest BCUT2D eigenvalue weighted by molar-refractivity contribution is 0.397. The molecule has 1 aromatic rings. The molecule has 1 heterocycles. The number of pyridine rings is 1. The van der Waals surface area contributed by atoms with Gasteiger partial charge in [-0.05, 0) is 25.0 Å². The van der Waals surface area contributed by atoms with Gasteiger partial charge >= 0.3 is 0 Å². The Kier molecular flexibility index (Phi) is 1.90. The standard InChI is InChI=1S/C8H10NO/c1-6-4-8(10-3)9-5-7(6)2/h4H,1-3H3. The number of hydrogen-bond acceptors (Lipinski definition) is 2. The van der Waals surface area contributed by atoms with Crippen molar-refractivity contribution in [2.45, 2.75) is 13.8 Å². The monoisotopic (exact) mass is 136 g/mol. The van der Waals surface area contributed by atoms with Crippen LogP contribution in [-0.4, -0.2) is 12.1 Å². The summed E-state index contributed by atoms with van der Waals surface area (Å²) in [6.45, 7) is 3.98. The Bertz CT molecular complexity index is 233. The predicted molar refractivity (Wildman–Crippen MR) is 39.1 cm³/mol. The Morgan fingerprint density at radius 2 is 2.20 bits per heavy atom. The summed E-state index contributed by atoms with van der Waals surface area (Å²) < 4.78 is 4.91. The molecule has 0 aliphatic carbocycles. The summed E-state index contributed by atoms with van der Waals surface area (Å²) in [5.41, 5.74) is 2.23. The molecule has 1 rings (SSSR count). The van der Waals surface area contributed by atoms with E-state index in [0.29, 0.717) is 5.88 Å². The van der Waals surface area contributed by atoms with E-state index in [1.54, 1.807) is 7.11 Å². The van der Waals surface area contributed by atoms with Gasteiger partial charge in [0, 0.05) is 6.07 Å². The highest BCUT2D eigenvalue weighted by Gasteiger charge is 1.95. The number of rotatable bonds is 1. The Morgan fingerprint density at radius 1 is 1.50 bits per heavy atom. The molecule has 0 aliphatic heterocycles. The maximum absolute atomic E-state index is 4.91. The van der Waals surface area contributed by atoms with Crippen molar-refractivity contribution < 1.29 is 4.74 Å². The molecule has 1 radical (unpaired) electrons. The summed E-state index contributed by atoms with van der Waals surface area (Å²) in [4.78, 5) is 3.91. The van der Waals surface area contributed by atoms with Crippen LogP contribution in [0.15, 0.2) is 6.07 Å². The number of nitrogens with zero attached hydrogens (tertiary/aromatic N) is 1. The van der Waals surface area contributed by atoms with E-state index in [1.165, 1.54) is 0 Å². The minimum atomic E-state index is 0.628. The molecule has 0 atom stereocenters. The first kappa shape index (κ1) is 7.06. The van der Waals surface area contributed by atoms with Gasteiger partial charge in [-0.2, -0.15) is 0 Å². The number of hydrogen-bond donors (Lipinski definition) is 0. The SMILES string of the molecule is COc1cc(C)c(C)[c]n1. The molecule has 0 amide bonds. The van der Waals surface area contributed by atoms with Crippen LogP contribution in [0.5, 0.6) is 5.88 Å². The van der Waals surface area contributed by atoms with E-state index in [-0.39, 0.29) is 0 Å². The summed E-state index contributed by atoms with van der Waals surface area (Å²) >= 11 is 0. The number of ether oxygens (including phenoxy) is 1. The van der Waals surface area contributed by atoms with Crippen molar-refractivity contribution >= 4 is 0 Å². The van der Waals surface area contributed by atoms with Crippen molar-refractivity contribution in [2.24, 2.45) is 0 Å². The zero-order valence-electron chi connectivity index (χ0n) is 6.43. The summed E-state index contributed by atoms with van der Waals surface area (Å²) in [7, 11) is 1.60. The van der Waals surface area contributed by atoms with E-state index in [1.807, 2.05) is 19.9 Å². The largest absolute Gasteiger partial charge is 0.481 e. The number of methoxy groups -OCH3 is 1. The molecule has 10 heavy (non-hydrogen) atoms. The molecule has 0 saturated carbocycles. The Hall–Kier alpha value is -1.05. The topological polar surface area (TPSA) is 22.1 Å². The number of aromatic nitrogens is 1.